The van der Waals surface area contributed by atoms with E-state index >= 15 is 0 Å². The van der Waals surface area contributed by atoms with Crippen molar-refractivity contribution < 1.29 is 13.9 Å². The van der Waals surface area contributed by atoms with Gasteiger partial charge in [0.25, 0.3) is 0 Å². The Bertz CT molecular complexity index is 1250. The van der Waals surface area contributed by atoms with Crippen molar-refractivity contribution in [2.75, 3.05) is 10.7 Å². The standard InChI is InChI=1S/C24H20FN5O2S/c25-18-13-7-8-14-19(18)26-23(31)22-21(16-9-3-1-4-10-16)29-30-20(27-28-24(30)33-22)15-32-17-11-5-2-6-12-17/h1-14,21-22,29H,15H2,(H,26,31)/t21-,22-/m1/s1. The lowest BCUT2D eigenvalue weighted by atomic mass is 10.0. The molecule has 0 radical (unpaired) electrons. The number of anilines is 1. The highest BCUT2D eigenvalue weighted by Crippen LogP contribution is 2.37. The Labute approximate surface area is 194 Å². The number of amides is 1. The zero-order chi connectivity index (χ0) is 22.6. The highest BCUT2D eigenvalue weighted by Gasteiger charge is 2.38. The normalized spacial score (nSPS) is 17.0. The predicted octanol–water partition coefficient (Wildman–Crippen LogP) is 4.39. The van der Waals surface area contributed by atoms with Crippen LogP contribution in [-0.2, 0) is 11.4 Å². The Morgan fingerprint density at radius 1 is 1.00 bits per heavy atom. The molecule has 1 aliphatic rings. The lowest BCUT2D eigenvalue weighted by Crippen LogP contribution is -2.41. The van der Waals surface area contributed by atoms with Crippen molar-refractivity contribution in [3.63, 3.8) is 0 Å². The van der Waals surface area contributed by atoms with Crippen LogP contribution in [0.1, 0.15) is 17.4 Å². The number of aromatic nitrogens is 3. The Balaban J connectivity index is 1.41. The Hall–Kier alpha value is -3.85. The van der Waals surface area contributed by atoms with Crippen molar-refractivity contribution in [3.05, 3.63) is 102 Å². The first kappa shape index (κ1) is 21.0. The Morgan fingerprint density at radius 2 is 1.70 bits per heavy atom. The Kier molecular flexibility index (Phi) is 5.95. The summed E-state index contributed by atoms with van der Waals surface area (Å²) in [6.45, 7) is 0.207. The van der Waals surface area contributed by atoms with Crippen LogP contribution in [0.25, 0.3) is 0 Å². The van der Waals surface area contributed by atoms with Gasteiger partial charge in [-0.15, -0.1) is 10.2 Å². The SMILES string of the molecule is O=C(Nc1ccccc1F)[C@@H]1Sc2nnc(COc3ccccc3)n2N[C@@H]1c1ccccc1. The minimum atomic E-state index is -0.605. The highest BCUT2D eigenvalue weighted by atomic mass is 32.2. The van der Waals surface area contributed by atoms with E-state index in [-0.39, 0.29) is 18.2 Å². The van der Waals surface area contributed by atoms with Gasteiger partial charge < -0.3 is 15.5 Å². The number of ether oxygens (including phenoxy) is 1. The number of nitrogens with one attached hydrogen (secondary N) is 2. The molecule has 0 aliphatic carbocycles. The van der Waals surface area contributed by atoms with Crippen LogP contribution in [0.15, 0.2) is 90.1 Å². The van der Waals surface area contributed by atoms with Crippen LogP contribution in [0, 0.1) is 5.82 Å². The maximum absolute atomic E-state index is 14.1. The third-order valence-electron chi connectivity index (χ3n) is 5.16. The van der Waals surface area contributed by atoms with E-state index < -0.39 is 17.1 Å². The molecule has 5 rings (SSSR count). The third-order valence-corrected chi connectivity index (χ3v) is 6.38. The minimum Gasteiger partial charge on any atom is -0.486 e. The average Bonchev–Trinajstić information content (AvgIpc) is 3.26. The lowest BCUT2D eigenvalue weighted by Gasteiger charge is -2.33. The highest BCUT2D eigenvalue weighted by molar-refractivity contribution is 8.00. The van der Waals surface area contributed by atoms with Gasteiger partial charge in [-0.05, 0) is 29.8 Å². The summed E-state index contributed by atoms with van der Waals surface area (Å²) in [5, 5.41) is 11.1. The van der Waals surface area contributed by atoms with Crippen molar-refractivity contribution >= 4 is 23.4 Å². The fourth-order valence-corrected chi connectivity index (χ4v) is 4.63. The number of hydrogen-bond acceptors (Lipinski definition) is 6. The molecule has 9 heteroatoms. The summed E-state index contributed by atoms with van der Waals surface area (Å²) in [6, 6.07) is 24.8. The molecule has 33 heavy (non-hydrogen) atoms. The van der Waals surface area contributed by atoms with E-state index in [4.69, 9.17) is 4.74 Å². The first-order chi connectivity index (χ1) is 16.2. The van der Waals surface area contributed by atoms with E-state index in [1.54, 1.807) is 16.8 Å². The van der Waals surface area contributed by atoms with Crippen molar-refractivity contribution in [1.29, 1.82) is 0 Å². The van der Waals surface area contributed by atoms with E-state index in [1.807, 2.05) is 60.7 Å². The monoisotopic (exact) mass is 461 g/mol. The van der Waals surface area contributed by atoms with Crippen molar-refractivity contribution in [3.8, 4) is 5.75 Å². The van der Waals surface area contributed by atoms with Gasteiger partial charge in [0.15, 0.2) is 5.82 Å². The van der Waals surface area contributed by atoms with Gasteiger partial charge in [-0.1, -0.05) is 72.4 Å². The quantitative estimate of drug-likeness (QED) is 0.443. The summed E-state index contributed by atoms with van der Waals surface area (Å²) >= 11 is 1.27. The second-order valence-corrected chi connectivity index (χ2v) is 8.47. The van der Waals surface area contributed by atoms with E-state index in [2.05, 4.69) is 20.9 Å². The molecule has 1 aliphatic heterocycles. The molecule has 0 unspecified atom stereocenters. The molecule has 7 nitrogen and oxygen atoms in total. The first-order valence-corrected chi connectivity index (χ1v) is 11.2. The molecule has 1 aromatic heterocycles. The van der Waals surface area contributed by atoms with Crippen LogP contribution in [-0.4, -0.2) is 26.0 Å². The minimum absolute atomic E-state index is 0.138. The molecule has 2 heterocycles. The first-order valence-electron chi connectivity index (χ1n) is 10.3. The number of para-hydroxylation sites is 2. The molecule has 2 atom stereocenters. The zero-order valence-electron chi connectivity index (χ0n) is 17.4. The van der Waals surface area contributed by atoms with Crippen molar-refractivity contribution in [2.45, 2.75) is 23.1 Å². The van der Waals surface area contributed by atoms with Crippen LogP contribution in [0.3, 0.4) is 0 Å². The number of carbonyl (C=O) groups excluding carboxylic acids is 1. The summed E-state index contributed by atoms with van der Waals surface area (Å²) in [7, 11) is 0. The van der Waals surface area contributed by atoms with E-state index in [9.17, 15) is 9.18 Å². The topological polar surface area (TPSA) is 81.1 Å². The molecule has 3 aromatic carbocycles. The van der Waals surface area contributed by atoms with Crippen LogP contribution in [0.4, 0.5) is 10.1 Å². The molecule has 0 saturated carbocycles. The van der Waals surface area contributed by atoms with Gasteiger partial charge in [0.1, 0.15) is 23.4 Å². The predicted molar refractivity (Wildman–Crippen MR) is 124 cm³/mol. The van der Waals surface area contributed by atoms with Gasteiger partial charge in [0, 0.05) is 0 Å². The number of hydrogen-bond donors (Lipinski definition) is 2. The van der Waals surface area contributed by atoms with Gasteiger partial charge in [-0.25, -0.2) is 9.07 Å². The van der Waals surface area contributed by atoms with E-state index in [0.717, 1.165) is 11.3 Å². The van der Waals surface area contributed by atoms with Crippen LogP contribution >= 0.6 is 11.8 Å². The van der Waals surface area contributed by atoms with Crippen molar-refractivity contribution in [1.82, 2.24) is 14.9 Å². The summed E-state index contributed by atoms with van der Waals surface area (Å²) in [6.07, 6.45) is 0. The number of rotatable bonds is 6. The second kappa shape index (κ2) is 9.33. The van der Waals surface area contributed by atoms with Crippen LogP contribution in [0.5, 0.6) is 5.75 Å². The van der Waals surface area contributed by atoms with E-state index in [0.29, 0.717) is 11.0 Å². The van der Waals surface area contributed by atoms with Gasteiger partial charge in [0.05, 0.1) is 11.7 Å². The molecule has 1 amide bonds. The summed E-state index contributed by atoms with van der Waals surface area (Å²) in [5.41, 5.74) is 4.41. The average molecular weight is 462 g/mol. The number of nitrogens with zero attached hydrogens (tertiary/aromatic N) is 3. The van der Waals surface area contributed by atoms with Crippen LogP contribution < -0.4 is 15.5 Å². The second-order valence-electron chi connectivity index (χ2n) is 7.36. The van der Waals surface area contributed by atoms with Gasteiger partial charge in [-0.2, -0.15) is 0 Å². The van der Waals surface area contributed by atoms with Gasteiger partial charge in [0.2, 0.25) is 11.1 Å². The fraction of sp³-hybridized carbons (Fsp3) is 0.125. The fourth-order valence-electron chi connectivity index (χ4n) is 3.53. The smallest absolute Gasteiger partial charge is 0.240 e. The van der Waals surface area contributed by atoms with Gasteiger partial charge in [-0.3, -0.25) is 4.79 Å². The summed E-state index contributed by atoms with van der Waals surface area (Å²) in [4.78, 5) is 13.2. The zero-order valence-corrected chi connectivity index (χ0v) is 18.2. The van der Waals surface area contributed by atoms with E-state index in [1.165, 1.54) is 23.9 Å². The van der Waals surface area contributed by atoms with Crippen LogP contribution in [0.2, 0.25) is 0 Å². The summed E-state index contributed by atoms with van der Waals surface area (Å²) < 4.78 is 21.7. The largest absolute Gasteiger partial charge is 0.486 e. The molecular formula is C24H20FN5O2S. The number of thioether (sulfide) groups is 1. The molecule has 0 bridgehead atoms. The molecule has 4 aromatic rings. The Morgan fingerprint density at radius 3 is 2.45 bits per heavy atom. The molecule has 0 saturated heterocycles. The molecular weight excluding hydrogens is 441 g/mol. The molecule has 166 valence electrons. The van der Waals surface area contributed by atoms with Crippen molar-refractivity contribution in [2.24, 2.45) is 0 Å². The lowest BCUT2D eigenvalue weighted by molar-refractivity contribution is -0.116. The van der Waals surface area contributed by atoms with Gasteiger partial charge >= 0.3 is 0 Å². The maximum Gasteiger partial charge on any atom is 0.240 e. The number of halogens is 1. The molecule has 0 fully saturated rings. The number of carbonyl (C=O) groups is 1. The molecule has 2 N–H and O–H groups in total. The number of benzene rings is 3. The third kappa shape index (κ3) is 4.54. The number of fused-ring (bicyclic) bond motifs is 1. The summed E-state index contributed by atoms with van der Waals surface area (Å²) in [5.74, 6) is 0.484. The molecule has 0 spiro atoms. The maximum atomic E-state index is 14.1.